The van der Waals surface area contributed by atoms with Crippen LogP contribution in [0.1, 0.15) is 174 Å². The molecule has 0 aliphatic carbocycles. The summed E-state index contributed by atoms with van der Waals surface area (Å²) in [6, 6.07) is 0. The number of carbonyl (C=O) groups is 2. The maximum Gasteiger partial charge on any atom is 0.472 e. The van der Waals surface area contributed by atoms with Crippen LogP contribution in [0.3, 0.4) is 0 Å². The molecule has 0 aromatic carbocycles. The molecule has 0 heterocycles. The first-order valence-corrected chi connectivity index (χ1v) is 22.4. The third kappa shape index (κ3) is 33.3. The van der Waals surface area contributed by atoms with E-state index in [1.54, 1.807) is 0 Å². The number of hydrogen-bond donors (Lipinski definition) is 1. The van der Waals surface area contributed by atoms with Gasteiger partial charge < -0.3 is 14.4 Å². The van der Waals surface area contributed by atoms with Crippen molar-refractivity contribution >= 4 is 30.7 Å². The molecule has 46 heavy (non-hydrogen) atoms. The average Bonchev–Trinajstić information content (AvgIpc) is 3.02. The molecule has 0 fully saturated rings. The molecule has 1 unspecified atom stereocenters. The maximum atomic E-state index is 12.6. The number of esters is 2. The van der Waals surface area contributed by atoms with E-state index in [4.69, 9.17) is 18.5 Å². The fourth-order valence-electron chi connectivity index (χ4n) is 5.23. The zero-order chi connectivity index (χ0) is 34.1. The second-order valence-corrected chi connectivity index (χ2v) is 16.8. The zero-order valence-electron chi connectivity index (χ0n) is 30.2. The van der Waals surface area contributed by atoms with Gasteiger partial charge in [-0.1, -0.05) is 142 Å². The Hall–Kier alpha value is -0.600. The first-order valence-electron chi connectivity index (χ1n) is 18.7. The highest BCUT2D eigenvalue weighted by Gasteiger charge is 2.26. The van der Waals surface area contributed by atoms with Crippen LogP contribution in [0.4, 0.5) is 0 Å². The smallest absolute Gasteiger partial charge is 0.462 e. The first-order chi connectivity index (χ1) is 22.2. The average molecular weight is 696 g/mol. The van der Waals surface area contributed by atoms with E-state index in [0.717, 1.165) is 44.3 Å². The van der Waals surface area contributed by atoms with E-state index < -0.39 is 19.9 Å². The van der Waals surface area contributed by atoms with E-state index in [2.05, 4.69) is 26.4 Å². The monoisotopic (exact) mass is 695 g/mol. The SMILES string of the molecule is CCCCCCCCCCCCCC(=O)OC[C@H](COP(=O)(O)OCCC[S+](C)C)OC(=O)CCCCCCCCCCCCC. The van der Waals surface area contributed by atoms with Crippen LogP contribution < -0.4 is 0 Å². The molecule has 2 atom stereocenters. The lowest BCUT2D eigenvalue weighted by molar-refractivity contribution is -0.161. The minimum absolute atomic E-state index is 0.107. The molecule has 0 rings (SSSR count). The molecule has 0 aromatic heterocycles. The normalized spacial score (nSPS) is 13.5. The highest BCUT2D eigenvalue weighted by atomic mass is 32.2. The van der Waals surface area contributed by atoms with E-state index in [1.807, 2.05) is 0 Å². The van der Waals surface area contributed by atoms with Gasteiger partial charge in [-0.3, -0.25) is 18.6 Å². The highest BCUT2D eigenvalue weighted by molar-refractivity contribution is 7.95. The predicted molar refractivity (Wildman–Crippen MR) is 193 cm³/mol. The Morgan fingerprint density at radius 2 is 1.00 bits per heavy atom. The summed E-state index contributed by atoms with van der Waals surface area (Å²) >= 11 is 0. The van der Waals surface area contributed by atoms with Gasteiger partial charge in [-0.25, -0.2) is 4.57 Å². The number of phosphoric acid groups is 1. The first kappa shape index (κ1) is 45.4. The van der Waals surface area contributed by atoms with Crippen molar-refractivity contribution in [3.8, 4) is 0 Å². The molecule has 0 aliphatic heterocycles. The molecule has 0 bridgehead atoms. The second kappa shape index (κ2) is 32.9. The molecule has 0 saturated carbocycles. The van der Waals surface area contributed by atoms with E-state index >= 15 is 0 Å². The Labute approximate surface area is 286 Å². The fourth-order valence-corrected chi connectivity index (χ4v) is 6.71. The number of phosphoric ester groups is 1. The molecular formula is C36H72O8PS+. The molecule has 0 amide bonds. The number of rotatable bonds is 35. The van der Waals surface area contributed by atoms with Gasteiger partial charge in [-0.15, -0.1) is 0 Å². The number of carbonyl (C=O) groups excluding carboxylic acids is 2. The van der Waals surface area contributed by atoms with E-state index in [0.29, 0.717) is 12.8 Å². The summed E-state index contributed by atoms with van der Waals surface area (Å²) in [5.41, 5.74) is 0. The van der Waals surface area contributed by atoms with Crippen molar-refractivity contribution in [3.05, 3.63) is 0 Å². The fraction of sp³-hybridized carbons (Fsp3) is 0.944. The van der Waals surface area contributed by atoms with Crippen LogP contribution in [0, 0.1) is 0 Å². The van der Waals surface area contributed by atoms with Crippen molar-refractivity contribution in [2.45, 2.75) is 180 Å². The second-order valence-electron chi connectivity index (χ2n) is 13.0. The topological polar surface area (TPSA) is 108 Å². The van der Waals surface area contributed by atoms with Gasteiger partial charge in [0, 0.05) is 19.3 Å². The van der Waals surface area contributed by atoms with E-state index in [9.17, 15) is 19.0 Å². The van der Waals surface area contributed by atoms with Gasteiger partial charge in [0.25, 0.3) is 0 Å². The Bertz CT molecular complexity index is 752. The van der Waals surface area contributed by atoms with Gasteiger partial charge in [-0.05, 0) is 23.7 Å². The Kier molecular flexibility index (Phi) is 32.5. The summed E-state index contributed by atoms with van der Waals surface area (Å²) in [7, 11) is -4.10. The van der Waals surface area contributed by atoms with Crippen molar-refractivity contribution in [3.63, 3.8) is 0 Å². The third-order valence-electron chi connectivity index (χ3n) is 8.07. The molecule has 0 aromatic rings. The summed E-state index contributed by atoms with van der Waals surface area (Å²) < 4.78 is 33.5. The minimum Gasteiger partial charge on any atom is -0.462 e. The zero-order valence-corrected chi connectivity index (χ0v) is 32.0. The van der Waals surface area contributed by atoms with Gasteiger partial charge in [0.05, 0.1) is 25.7 Å². The maximum absolute atomic E-state index is 12.6. The van der Waals surface area contributed by atoms with Crippen LogP contribution >= 0.6 is 7.82 Å². The minimum atomic E-state index is -4.32. The van der Waals surface area contributed by atoms with Crippen LogP contribution in [0.2, 0.25) is 0 Å². The van der Waals surface area contributed by atoms with E-state index in [1.165, 1.54) is 103 Å². The van der Waals surface area contributed by atoms with Crippen LogP contribution in [-0.2, 0) is 43.6 Å². The van der Waals surface area contributed by atoms with E-state index in [-0.39, 0.29) is 43.1 Å². The molecule has 0 aliphatic rings. The largest absolute Gasteiger partial charge is 0.472 e. The van der Waals surface area contributed by atoms with Crippen LogP contribution in [0.5, 0.6) is 0 Å². The molecule has 0 spiro atoms. The van der Waals surface area contributed by atoms with Crippen molar-refractivity contribution in [2.24, 2.45) is 0 Å². The third-order valence-corrected chi connectivity index (χ3v) is 10.2. The quantitative estimate of drug-likeness (QED) is 0.0302. The molecule has 0 radical (unpaired) electrons. The molecular weight excluding hydrogens is 623 g/mol. The van der Waals surface area contributed by atoms with Crippen molar-refractivity contribution in [2.75, 3.05) is 38.1 Å². The molecule has 1 N–H and O–H groups in total. The highest BCUT2D eigenvalue weighted by Crippen LogP contribution is 2.43. The van der Waals surface area contributed by atoms with Gasteiger partial charge in [0.1, 0.15) is 12.4 Å². The van der Waals surface area contributed by atoms with Crippen LogP contribution in [0.15, 0.2) is 0 Å². The number of hydrogen-bond acceptors (Lipinski definition) is 7. The van der Waals surface area contributed by atoms with Gasteiger partial charge >= 0.3 is 19.8 Å². The summed E-state index contributed by atoms with van der Waals surface area (Å²) in [5, 5.41) is 0. The molecule has 10 heteroatoms. The number of ether oxygens (including phenoxy) is 2. The van der Waals surface area contributed by atoms with Gasteiger partial charge in [0.2, 0.25) is 0 Å². The molecule has 0 saturated heterocycles. The lowest BCUT2D eigenvalue weighted by atomic mass is 10.1. The Balaban J connectivity index is 4.41. The summed E-state index contributed by atoms with van der Waals surface area (Å²) in [5.74, 6) is 0.117. The van der Waals surface area contributed by atoms with Gasteiger partial charge in [-0.2, -0.15) is 0 Å². The standard InChI is InChI=1S/C36H71O8PS/c1-5-7-9-11-13-15-17-19-21-23-25-28-35(37)41-32-34(33-43-45(39,40)42-30-27-31-46(3)4)44-36(38)29-26-24-22-20-18-16-14-12-10-8-6-2/h34H,5-33H2,1-4H3/p+1/t34-/m1/s1. The Morgan fingerprint density at radius 3 is 1.43 bits per heavy atom. The number of unbranched alkanes of at least 4 members (excludes halogenated alkanes) is 20. The Morgan fingerprint density at radius 1 is 0.587 bits per heavy atom. The van der Waals surface area contributed by atoms with Crippen molar-refractivity contribution in [1.82, 2.24) is 0 Å². The van der Waals surface area contributed by atoms with Crippen molar-refractivity contribution in [1.29, 1.82) is 0 Å². The predicted octanol–water partition coefficient (Wildman–Crippen LogP) is 10.2. The van der Waals surface area contributed by atoms with Crippen LogP contribution in [-0.4, -0.2) is 61.0 Å². The molecule has 274 valence electrons. The lowest BCUT2D eigenvalue weighted by Gasteiger charge is -2.20. The van der Waals surface area contributed by atoms with Crippen LogP contribution in [0.25, 0.3) is 0 Å². The van der Waals surface area contributed by atoms with Crippen molar-refractivity contribution < 1.29 is 37.6 Å². The summed E-state index contributed by atoms with van der Waals surface area (Å²) in [4.78, 5) is 35.0. The summed E-state index contributed by atoms with van der Waals surface area (Å²) in [6.45, 7) is 3.99. The lowest BCUT2D eigenvalue weighted by Crippen LogP contribution is -2.29. The summed E-state index contributed by atoms with van der Waals surface area (Å²) in [6.07, 6.45) is 30.7. The molecule has 8 nitrogen and oxygen atoms in total. The van der Waals surface area contributed by atoms with Gasteiger partial charge in [0.15, 0.2) is 6.10 Å².